The number of fused-ring (bicyclic) bond motifs is 5. The molecule has 0 atom stereocenters. The molecule has 2 aliphatic carbocycles. The molecule has 1 aromatic carbocycles. The van der Waals surface area contributed by atoms with Crippen molar-refractivity contribution in [3.05, 3.63) is 39.9 Å². The number of amides is 2. The van der Waals surface area contributed by atoms with Crippen LogP contribution in [0.2, 0.25) is 0 Å². The lowest BCUT2D eigenvalue weighted by molar-refractivity contribution is 0.0813. The van der Waals surface area contributed by atoms with Gasteiger partial charge in [0.15, 0.2) is 0 Å². The van der Waals surface area contributed by atoms with E-state index in [4.69, 9.17) is 10.2 Å². The summed E-state index contributed by atoms with van der Waals surface area (Å²) in [5.74, 6) is -1.46. The molecule has 0 bridgehead atoms. The summed E-state index contributed by atoms with van der Waals surface area (Å²) in [5.41, 5.74) is 7.17. The number of primary amides is 1. The van der Waals surface area contributed by atoms with Crippen LogP contribution in [-0.2, 0) is 21.9 Å². The standard InChI is InChI=1S/C20H20N2O6S/c1-9-13-15(23)16(24)14-10-5-4-8-20(2,3)12(10)7-6-11(14)17(13)28-18(9)29(26,27)22-19(21)25/h6-7H,4-5,8H2,1-3H3,(H3,21,22,25). The van der Waals surface area contributed by atoms with Gasteiger partial charge in [0.25, 0.3) is 10.0 Å². The number of ketones is 2. The Morgan fingerprint density at radius 1 is 1.17 bits per heavy atom. The normalized spacial score (nSPS) is 17.3. The zero-order valence-electron chi connectivity index (χ0n) is 16.2. The van der Waals surface area contributed by atoms with Crippen molar-refractivity contribution in [1.82, 2.24) is 4.72 Å². The van der Waals surface area contributed by atoms with Gasteiger partial charge in [0.2, 0.25) is 16.7 Å². The summed E-state index contributed by atoms with van der Waals surface area (Å²) in [5, 5.41) is -0.603. The van der Waals surface area contributed by atoms with Crippen molar-refractivity contribution in [1.29, 1.82) is 0 Å². The van der Waals surface area contributed by atoms with Gasteiger partial charge >= 0.3 is 6.03 Å². The number of nitrogens with two attached hydrogens (primary N) is 1. The molecule has 0 fully saturated rings. The molecular formula is C20H20N2O6S. The van der Waals surface area contributed by atoms with Crippen LogP contribution >= 0.6 is 0 Å². The number of urea groups is 1. The minimum Gasteiger partial charge on any atom is -0.442 e. The fourth-order valence-corrected chi connectivity index (χ4v) is 5.51. The van der Waals surface area contributed by atoms with Gasteiger partial charge in [0.05, 0.1) is 5.56 Å². The van der Waals surface area contributed by atoms with Crippen LogP contribution in [0.3, 0.4) is 0 Å². The molecule has 0 saturated carbocycles. The van der Waals surface area contributed by atoms with Crippen LogP contribution in [0.5, 0.6) is 0 Å². The van der Waals surface area contributed by atoms with Gasteiger partial charge in [-0.25, -0.2) is 9.52 Å². The van der Waals surface area contributed by atoms with E-state index in [0.717, 1.165) is 24.0 Å². The van der Waals surface area contributed by atoms with Crippen molar-refractivity contribution >= 4 is 27.6 Å². The SMILES string of the molecule is Cc1c(S(=O)(=O)NC(N)=O)oc2c1C(=O)C(=O)c1c-2ccc2c1CCCC2(C)C. The quantitative estimate of drug-likeness (QED) is 0.722. The van der Waals surface area contributed by atoms with Gasteiger partial charge in [-0.3, -0.25) is 9.59 Å². The summed E-state index contributed by atoms with van der Waals surface area (Å²) in [4.78, 5) is 37.0. The van der Waals surface area contributed by atoms with Gasteiger partial charge < -0.3 is 10.2 Å². The van der Waals surface area contributed by atoms with E-state index in [9.17, 15) is 22.8 Å². The number of benzene rings is 1. The van der Waals surface area contributed by atoms with Crippen LogP contribution in [0.15, 0.2) is 21.6 Å². The topological polar surface area (TPSA) is 137 Å². The molecule has 1 aromatic heterocycles. The summed E-state index contributed by atoms with van der Waals surface area (Å²) >= 11 is 0. The van der Waals surface area contributed by atoms with E-state index in [0.29, 0.717) is 12.0 Å². The number of nitrogens with one attached hydrogen (secondary N) is 1. The summed E-state index contributed by atoms with van der Waals surface area (Å²) in [6.07, 6.45) is 2.50. The lowest BCUT2D eigenvalue weighted by atomic mass is 9.69. The fraction of sp³-hybridized carbons (Fsp3) is 0.350. The monoisotopic (exact) mass is 416 g/mol. The smallest absolute Gasteiger partial charge is 0.326 e. The highest BCUT2D eigenvalue weighted by molar-refractivity contribution is 7.90. The van der Waals surface area contributed by atoms with E-state index in [-0.39, 0.29) is 27.9 Å². The largest absolute Gasteiger partial charge is 0.442 e. The molecule has 0 radical (unpaired) electrons. The Morgan fingerprint density at radius 2 is 1.83 bits per heavy atom. The Balaban J connectivity index is 2.00. The molecule has 4 rings (SSSR count). The van der Waals surface area contributed by atoms with Crippen LogP contribution in [0.1, 0.15) is 64.1 Å². The highest BCUT2D eigenvalue weighted by atomic mass is 32.2. The first-order valence-electron chi connectivity index (χ1n) is 9.17. The lowest BCUT2D eigenvalue weighted by Crippen LogP contribution is -2.35. The second kappa shape index (κ2) is 6.03. The third-order valence-electron chi connectivity index (χ3n) is 5.76. The number of carbonyl (C=O) groups excluding carboxylic acids is 3. The molecule has 29 heavy (non-hydrogen) atoms. The number of hydrogen-bond acceptors (Lipinski definition) is 6. The molecule has 0 aliphatic heterocycles. The molecule has 8 nitrogen and oxygen atoms in total. The van der Waals surface area contributed by atoms with Gasteiger partial charge in [-0.2, -0.15) is 8.42 Å². The van der Waals surface area contributed by atoms with Gasteiger partial charge in [0, 0.05) is 16.7 Å². The van der Waals surface area contributed by atoms with Crippen molar-refractivity contribution in [3.8, 4) is 11.3 Å². The van der Waals surface area contributed by atoms with Crippen molar-refractivity contribution in [3.63, 3.8) is 0 Å². The fourth-order valence-electron chi connectivity index (χ4n) is 4.45. The third kappa shape index (κ3) is 2.71. The molecule has 9 heteroatoms. The molecular weight excluding hydrogens is 396 g/mol. The first-order valence-corrected chi connectivity index (χ1v) is 10.7. The van der Waals surface area contributed by atoms with Crippen LogP contribution < -0.4 is 10.5 Å². The average molecular weight is 416 g/mol. The second-order valence-electron chi connectivity index (χ2n) is 8.10. The maximum Gasteiger partial charge on any atom is 0.326 e. The predicted molar refractivity (Wildman–Crippen MR) is 103 cm³/mol. The Morgan fingerprint density at radius 3 is 2.48 bits per heavy atom. The van der Waals surface area contributed by atoms with Crippen molar-refractivity contribution in [2.75, 3.05) is 0 Å². The summed E-state index contributed by atoms with van der Waals surface area (Å²) in [6, 6.07) is 2.33. The number of Topliss-reactive ketones (excluding diaryl/α,β-unsaturated/α-hetero) is 2. The first kappa shape index (κ1) is 19.4. The zero-order chi connectivity index (χ0) is 21.3. The first-order chi connectivity index (χ1) is 13.5. The van der Waals surface area contributed by atoms with E-state index in [1.807, 2.05) is 6.07 Å². The minimum atomic E-state index is -4.42. The highest BCUT2D eigenvalue weighted by Gasteiger charge is 2.42. The number of carbonyl (C=O) groups is 3. The molecule has 0 unspecified atom stereocenters. The molecule has 0 saturated heterocycles. The van der Waals surface area contributed by atoms with E-state index in [1.54, 1.807) is 10.8 Å². The van der Waals surface area contributed by atoms with Gasteiger partial charge in [0.1, 0.15) is 5.76 Å². The molecule has 2 aromatic rings. The van der Waals surface area contributed by atoms with Crippen LogP contribution in [0.25, 0.3) is 11.3 Å². The Kier molecular flexibility index (Phi) is 4.03. The number of rotatable bonds is 2. The number of furan rings is 1. The van der Waals surface area contributed by atoms with Gasteiger partial charge in [-0.05, 0) is 42.7 Å². The molecule has 2 aliphatic rings. The third-order valence-corrected chi connectivity index (χ3v) is 7.11. The Labute approximate surface area is 167 Å². The molecule has 0 spiro atoms. The Hall–Kier alpha value is -2.94. The summed E-state index contributed by atoms with van der Waals surface area (Å²) in [6.45, 7) is 5.54. The number of sulfonamides is 1. The molecule has 152 valence electrons. The lowest BCUT2D eigenvalue weighted by Gasteiger charge is -2.34. The minimum absolute atomic E-state index is 0.0260. The van der Waals surface area contributed by atoms with Crippen molar-refractivity contribution in [2.45, 2.75) is 50.5 Å². The second-order valence-corrected chi connectivity index (χ2v) is 9.68. The Bertz CT molecular complexity index is 1220. The molecule has 1 heterocycles. The van der Waals surface area contributed by atoms with Crippen LogP contribution in [0.4, 0.5) is 4.79 Å². The van der Waals surface area contributed by atoms with Crippen molar-refractivity contribution < 1.29 is 27.2 Å². The van der Waals surface area contributed by atoms with E-state index < -0.39 is 32.7 Å². The summed E-state index contributed by atoms with van der Waals surface area (Å²) in [7, 11) is -4.42. The van der Waals surface area contributed by atoms with Crippen molar-refractivity contribution in [2.24, 2.45) is 5.73 Å². The van der Waals surface area contributed by atoms with E-state index in [2.05, 4.69) is 13.8 Å². The highest BCUT2D eigenvalue weighted by Crippen LogP contribution is 2.46. The molecule has 3 N–H and O–H groups in total. The molecule has 2 amide bonds. The van der Waals surface area contributed by atoms with E-state index >= 15 is 0 Å². The summed E-state index contributed by atoms with van der Waals surface area (Å²) < 4.78 is 32.0. The van der Waals surface area contributed by atoms with Gasteiger partial charge in [-0.1, -0.05) is 26.0 Å². The average Bonchev–Trinajstić information content (AvgIpc) is 2.96. The van der Waals surface area contributed by atoms with Gasteiger partial charge in [-0.15, -0.1) is 0 Å². The maximum atomic E-state index is 13.0. The maximum absolute atomic E-state index is 13.0. The zero-order valence-corrected chi connectivity index (χ0v) is 17.0. The van der Waals surface area contributed by atoms with Crippen LogP contribution in [0, 0.1) is 6.92 Å². The number of hydrogen-bond donors (Lipinski definition) is 2. The predicted octanol–water partition coefficient (Wildman–Crippen LogP) is 2.60. The van der Waals surface area contributed by atoms with E-state index in [1.165, 1.54) is 6.92 Å². The van der Waals surface area contributed by atoms with Crippen LogP contribution in [-0.4, -0.2) is 26.0 Å².